The number of rotatable bonds is 5. The largest absolute Gasteiger partial charge is 0.386 e. The highest BCUT2D eigenvalue weighted by Gasteiger charge is 2.23. The first kappa shape index (κ1) is 23.7. The highest BCUT2D eigenvalue weighted by molar-refractivity contribution is 7.10. The monoisotopic (exact) mass is 423 g/mol. The maximum absolute atomic E-state index is 12.5. The third-order valence-corrected chi connectivity index (χ3v) is 6.06. The Bertz CT molecular complexity index is 503. The Morgan fingerprint density at radius 3 is 2.19 bits per heavy atom. The van der Waals surface area contributed by atoms with E-state index in [1.54, 1.807) is 11.3 Å². The van der Waals surface area contributed by atoms with Crippen LogP contribution in [0.4, 0.5) is 0 Å². The van der Waals surface area contributed by atoms with Gasteiger partial charge in [-0.2, -0.15) is 0 Å². The molecule has 3 heterocycles. The number of likely N-dealkylation sites (tertiary alicyclic amines) is 1. The lowest BCUT2D eigenvalue weighted by molar-refractivity contribution is -0.132. The zero-order chi connectivity index (χ0) is 16.8. The number of amides is 1. The maximum atomic E-state index is 12.5. The number of nitrogens with zero attached hydrogens (tertiary/aromatic N) is 3. The van der Waals surface area contributed by atoms with Gasteiger partial charge >= 0.3 is 0 Å². The minimum Gasteiger partial charge on any atom is -0.386 e. The molecule has 2 fully saturated rings. The topological polar surface area (TPSA) is 47.0 Å². The lowest BCUT2D eigenvalue weighted by Crippen LogP contribution is -2.50. The van der Waals surface area contributed by atoms with Crippen molar-refractivity contribution in [1.82, 2.24) is 14.7 Å². The molecular formula is C18H31Cl2N3O2S. The second kappa shape index (κ2) is 12.2. The molecule has 150 valence electrons. The van der Waals surface area contributed by atoms with E-state index in [-0.39, 0.29) is 24.8 Å². The van der Waals surface area contributed by atoms with Crippen LogP contribution in [0.1, 0.15) is 36.7 Å². The summed E-state index contributed by atoms with van der Waals surface area (Å²) in [6.45, 7) is 6.80. The molecule has 0 bridgehead atoms. The van der Waals surface area contributed by atoms with Gasteiger partial charge in [0.25, 0.3) is 0 Å². The van der Waals surface area contributed by atoms with Gasteiger partial charge in [0.05, 0.1) is 6.54 Å². The van der Waals surface area contributed by atoms with E-state index >= 15 is 0 Å². The van der Waals surface area contributed by atoms with E-state index in [4.69, 9.17) is 0 Å². The molecule has 1 atom stereocenters. The average molecular weight is 424 g/mol. The SMILES string of the molecule is Cl.Cl.O=C(CN1CCN(CC(O)c2cccs2)CC1)N1CCCCCC1. The van der Waals surface area contributed by atoms with Crippen molar-refractivity contribution >= 4 is 42.1 Å². The fourth-order valence-electron chi connectivity index (χ4n) is 3.56. The maximum Gasteiger partial charge on any atom is 0.236 e. The molecule has 1 amide bonds. The van der Waals surface area contributed by atoms with E-state index in [1.807, 2.05) is 17.5 Å². The first-order valence-corrected chi connectivity index (χ1v) is 10.0. The quantitative estimate of drug-likeness (QED) is 0.790. The van der Waals surface area contributed by atoms with Crippen molar-refractivity contribution in [3.63, 3.8) is 0 Å². The number of halogens is 2. The van der Waals surface area contributed by atoms with Gasteiger partial charge in [-0.3, -0.25) is 14.6 Å². The van der Waals surface area contributed by atoms with Gasteiger partial charge in [0.1, 0.15) is 6.10 Å². The minimum absolute atomic E-state index is 0. The molecule has 1 unspecified atom stereocenters. The number of aliphatic hydroxyl groups excluding tert-OH is 1. The molecule has 5 nitrogen and oxygen atoms in total. The van der Waals surface area contributed by atoms with Gasteiger partial charge in [-0.05, 0) is 24.3 Å². The number of thiophene rings is 1. The van der Waals surface area contributed by atoms with Gasteiger partial charge in [-0.15, -0.1) is 36.2 Å². The van der Waals surface area contributed by atoms with Crippen LogP contribution in [0, 0.1) is 0 Å². The van der Waals surface area contributed by atoms with Crippen molar-refractivity contribution < 1.29 is 9.90 Å². The van der Waals surface area contributed by atoms with E-state index in [0.717, 1.165) is 57.0 Å². The second-order valence-corrected chi connectivity index (χ2v) is 7.88. The summed E-state index contributed by atoms with van der Waals surface area (Å²) in [6, 6.07) is 3.97. The number of β-amino-alcohol motifs (C(OH)–C–C–N with tert-alkyl or cyclic N) is 1. The smallest absolute Gasteiger partial charge is 0.236 e. The molecule has 1 N–H and O–H groups in total. The van der Waals surface area contributed by atoms with Crippen molar-refractivity contribution in [3.05, 3.63) is 22.4 Å². The lowest BCUT2D eigenvalue weighted by atomic mass is 10.2. The highest BCUT2D eigenvalue weighted by Crippen LogP contribution is 2.20. The van der Waals surface area contributed by atoms with Crippen LogP contribution >= 0.6 is 36.2 Å². The average Bonchev–Trinajstić information content (AvgIpc) is 2.99. The van der Waals surface area contributed by atoms with Gasteiger partial charge in [0.2, 0.25) is 5.91 Å². The van der Waals surface area contributed by atoms with Crippen molar-refractivity contribution in [2.45, 2.75) is 31.8 Å². The summed E-state index contributed by atoms with van der Waals surface area (Å²) in [5, 5.41) is 12.3. The third kappa shape index (κ3) is 6.98. The Balaban J connectivity index is 0.00000169. The fourth-order valence-corrected chi connectivity index (χ4v) is 4.26. The summed E-state index contributed by atoms with van der Waals surface area (Å²) < 4.78 is 0. The van der Waals surface area contributed by atoms with E-state index in [1.165, 1.54) is 12.8 Å². The number of carbonyl (C=O) groups excluding carboxylic acids is 1. The molecule has 0 radical (unpaired) electrons. The van der Waals surface area contributed by atoms with Crippen LogP contribution in [0.15, 0.2) is 17.5 Å². The van der Waals surface area contributed by atoms with Crippen LogP contribution in [0.5, 0.6) is 0 Å². The van der Waals surface area contributed by atoms with Crippen LogP contribution in [-0.2, 0) is 4.79 Å². The molecule has 8 heteroatoms. The predicted octanol–water partition coefficient (Wildman–Crippen LogP) is 2.65. The van der Waals surface area contributed by atoms with E-state index in [9.17, 15) is 9.90 Å². The molecule has 2 aliphatic rings. The van der Waals surface area contributed by atoms with Crippen molar-refractivity contribution in [1.29, 1.82) is 0 Å². The van der Waals surface area contributed by atoms with Crippen molar-refractivity contribution in [3.8, 4) is 0 Å². The normalized spacial score (nSPS) is 20.6. The van der Waals surface area contributed by atoms with Crippen molar-refractivity contribution in [2.75, 3.05) is 52.4 Å². The summed E-state index contributed by atoms with van der Waals surface area (Å²) in [7, 11) is 0. The molecule has 0 saturated carbocycles. The van der Waals surface area contributed by atoms with Crippen LogP contribution in [0.25, 0.3) is 0 Å². The Kier molecular flexibility index (Phi) is 11.1. The van der Waals surface area contributed by atoms with Gasteiger partial charge in [-0.1, -0.05) is 18.9 Å². The van der Waals surface area contributed by atoms with E-state index in [2.05, 4.69) is 14.7 Å². The second-order valence-electron chi connectivity index (χ2n) is 6.90. The first-order chi connectivity index (χ1) is 11.7. The molecule has 1 aromatic rings. The Morgan fingerprint density at radius 1 is 1.00 bits per heavy atom. The number of hydrogen-bond acceptors (Lipinski definition) is 5. The molecule has 2 aliphatic heterocycles. The molecule has 26 heavy (non-hydrogen) atoms. The van der Waals surface area contributed by atoms with E-state index < -0.39 is 6.10 Å². The summed E-state index contributed by atoms with van der Waals surface area (Å²) in [4.78, 5) is 20.1. The predicted molar refractivity (Wildman–Crippen MR) is 112 cm³/mol. The molecule has 0 aliphatic carbocycles. The fraction of sp³-hybridized carbons (Fsp3) is 0.722. The summed E-state index contributed by atoms with van der Waals surface area (Å²) in [6.07, 6.45) is 4.43. The first-order valence-electron chi connectivity index (χ1n) is 9.16. The third-order valence-electron chi connectivity index (χ3n) is 5.09. The molecule has 0 spiro atoms. The molecule has 2 saturated heterocycles. The number of carbonyl (C=O) groups is 1. The number of piperazine rings is 1. The van der Waals surface area contributed by atoms with Gasteiger partial charge in [0.15, 0.2) is 0 Å². The Hall–Kier alpha value is -0.370. The molecular weight excluding hydrogens is 393 g/mol. The zero-order valence-corrected chi connectivity index (χ0v) is 17.7. The van der Waals surface area contributed by atoms with Crippen LogP contribution in [0.3, 0.4) is 0 Å². The van der Waals surface area contributed by atoms with E-state index in [0.29, 0.717) is 19.0 Å². The number of hydrogen-bond donors (Lipinski definition) is 1. The van der Waals surface area contributed by atoms with Gasteiger partial charge in [-0.25, -0.2) is 0 Å². The minimum atomic E-state index is -0.393. The highest BCUT2D eigenvalue weighted by atomic mass is 35.5. The molecule has 0 aromatic carbocycles. The van der Waals surface area contributed by atoms with Gasteiger partial charge in [0, 0.05) is 50.7 Å². The summed E-state index contributed by atoms with van der Waals surface area (Å²) in [5.41, 5.74) is 0. The Morgan fingerprint density at radius 2 is 1.62 bits per heavy atom. The summed E-state index contributed by atoms with van der Waals surface area (Å²) in [5.74, 6) is 0.295. The van der Waals surface area contributed by atoms with Crippen LogP contribution in [-0.4, -0.2) is 78.1 Å². The van der Waals surface area contributed by atoms with Crippen molar-refractivity contribution in [2.24, 2.45) is 0 Å². The van der Waals surface area contributed by atoms with Crippen LogP contribution in [0.2, 0.25) is 0 Å². The molecule has 1 aromatic heterocycles. The molecule has 3 rings (SSSR count). The standard InChI is InChI=1S/C18H29N3O2S.2ClH/c22-16(17-6-5-13-24-17)14-19-9-11-20(12-10-19)15-18(23)21-7-3-1-2-4-8-21;;/h5-6,13,16,22H,1-4,7-12,14-15H2;2*1H. The van der Waals surface area contributed by atoms with Gasteiger partial charge < -0.3 is 10.0 Å². The number of aliphatic hydroxyl groups is 1. The van der Waals surface area contributed by atoms with Crippen LogP contribution < -0.4 is 0 Å². The summed E-state index contributed by atoms with van der Waals surface area (Å²) >= 11 is 1.61. The Labute approximate surface area is 173 Å². The zero-order valence-electron chi connectivity index (χ0n) is 15.2. The lowest BCUT2D eigenvalue weighted by Gasteiger charge is -2.36.